The van der Waals surface area contributed by atoms with Crippen LogP contribution in [0.25, 0.3) is 21.6 Å². The zero-order valence-corrected chi connectivity index (χ0v) is 22.2. The van der Waals surface area contributed by atoms with Gasteiger partial charge in [-0.05, 0) is 61.9 Å². The van der Waals surface area contributed by atoms with E-state index in [4.69, 9.17) is 9.47 Å². The van der Waals surface area contributed by atoms with Crippen molar-refractivity contribution in [2.45, 2.75) is 19.9 Å². The number of aliphatic hydroxyl groups is 1. The maximum absolute atomic E-state index is 13.7. The lowest BCUT2D eigenvalue weighted by molar-refractivity contribution is -0.132. The predicted molar refractivity (Wildman–Crippen MR) is 148 cm³/mol. The van der Waals surface area contributed by atoms with E-state index in [2.05, 4.69) is 9.97 Å². The zero-order valence-electron chi connectivity index (χ0n) is 21.4. The molecule has 1 saturated heterocycles. The van der Waals surface area contributed by atoms with Crippen LogP contribution < -0.4 is 14.4 Å². The van der Waals surface area contributed by atoms with Crippen molar-refractivity contribution < 1.29 is 24.2 Å². The highest BCUT2D eigenvalue weighted by Crippen LogP contribution is 2.45. The molecule has 9 nitrogen and oxygen atoms in total. The second-order valence-electron chi connectivity index (χ2n) is 8.98. The van der Waals surface area contributed by atoms with E-state index in [1.165, 1.54) is 16.2 Å². The van der Waals surface area contributed by atoms with Gasteiger partial charge >= 0.3 is 5.91 Å². The largest absolute Gasteiger partial charge is 0.505 e. The highest BCUT2D eigenvalue weighted by atomic mass is 32.1. The number of amides is 1. The summed E-state index contributed by atoms with van der Waals surface area (Å²) in [6.45, 7) is 4.08. The third-order valence-corrected chi connectivity index (χ3v) is 7.67. The van der Waals surface area contributed by atoms with Gasteiger partial charge < -0.3 is 14.6 Å². The number of thiazole rings is 1. The number of nitrogens with zero attached hydrogens (tertiary/aromatic N) is 4. The normalized spacial score (nSPS) is 16.9. The molecule has 1 amide bonds. The lowest BCUT2D eigenvalue weighted by Crippen LogP contribution is -2.29. The summed E-state index contributed by atoms with van der Waals surface area (Å²) in [5.41, 5.74) is 2.71. The number of aryl methyl sites for hydroxylation is 1. The van der Waals surface area contributed by atoms with Crippen LogP contribution in [0.1, 0.15) is 29.9 Å². The number of pyridine rings is 1. The Labute approximate surface area is 227 Å². The number of hydrogen-bond acceptors (Lipinski definition) is 8. The zero-order chi connectivity index (χ0) is 27.3. The molecule has 4 heterocycles. The smallest absolute Gasteiger partial charge is 0.301 e. The molecule has 0 bridgehead atoms. The Hall–Kier alpha value is -4.70. The minimum Gasteiger partial charge on any atom is -0.505 e. The number of imidazole rings is 1. The summed E-state index contributed by atoms with van der Waals surface area (Å²) in [6, 6.07) is 17.1. The van der Waals surface area contributed by atoms with Crippen LogP contribution in [0.5, 0.6) is 11.5 Å². The van der Waals surface area contributed by atoms with Crippen LogP contribution in [-0.2, 0) is 9.59 Å². The maximum atomic E-state index is 13.7. The Bertz CT molecular complexity index is 1800. The number of benzene rings is 2. The SMILES string of the molecule is CCOc1cccc(C2/C(=C(\O)c3c(C)nc4ccccn34)C(=O)C(=O)N2c2nc3ccc(OC)cc3s2)c1. The number of carbonyl (C=O) groups is 2. The van der Waals surface area contributed by atoms with Crippen LogP contribution in [0, 0.1) is 6.92 Å². The molecule has 2 aromatic carbocycles. The Morgan fingerprint density at radius 3 is 2.69 bits per heavy atom. The van der Waals surface area contributed by atoms with Gasteiger partial charge in [-0.2, -0.15) is 0 Å². The number of fused-ring (bicyclic) bond motifs is 2. The average molecular weight is 541 g/mol. The van der Waals surface area contributed by atoms with Crippen molar-refractivity contribution >= 4 is 49.8 Å². The molecular formula is C29H24N4O5S. The van der Waals surface area contributed by atoms with Gasteiger partial charge in [0.1, 0.15) is 22.8 Å². The molecule has 1 fully saturated rings. The monoisotopic (exact) mass is 540 g/mol. The lowest BCUT2D eigenvalue weighted by Gasteiger charge is -2.23. The number of rotatable bonds is 6. The summed E-state index contributed by atoms with van der Waals surface area (Å²) in [6.07, 6.45) is 1.76. The molecule has 39 heavy (non-hydrogen) atoms. The van der Waals surface area contributed by atoms with E-state index in [1.807, 2.05) is 25.1 Å². The van der Waals surface area contributed by atoms with E-state index < -0.39 is 17.7 Å². The number of ether oxygens (including phenoxy) is 2. The van der Waals surface area contributed by atoms with Crippen molar-refractivity contribution in [1.82, 2.24) is 14.4 Å². The van der Waals surface area contributed by atoms with Gasteiger partial charge in [0, 0.05) is 6.20 Å². The first-order valence-electron chi connectivity index (χ1n) is 12.3. The third kappa shape index (κ3) is 4.00. The molecule has 1 N–H and O–H groups in total. The molecule has 0 radical (unpaired) electrons. The topological polar surface area (TPSA) is 106 Å². The van der Waals surface area contributed by atoms with Crippen LogP contribution in [0.2, 0.25) is 0 Å². The molecular weight excluding hydrogens is 516 g/mol. The predicted octanol–water partition coefficient (Wildman–Crippen LogP) is 5.29. The van der Waals surface area contributed by atoms with Crippen LogP contribution in [0.15, 0.2) is 72.4 Å². The Morgan fingerprint density at radius 1 is 1.05 bits per heavy atom. The number of ketones is 1. The molecule has 1 unspecified atom stereocenters. The van der Waals surface area contributed by atoms with E-state index >= 15 is 0 Å². The fourth-order valence-corrected chi connectivity index (χ4v) is 5.96. The summed E-state index contributed by atoms with van der Waals surface area (Å²) < 4.78 is 13.6. The van der Waals surface area contributed by atoms with Crippen molar-refractivity contribution in [2.75, 3.05) is 18.6 Å². The maximum Gasteiger partial charge on any atom is 0.301 e. The summed E-state index contributed by atoms with van der Waals surface area (Å²) >= 11 is 1.27. The molecule has 0 aliphatic carbocycles. The summed E-state index contributed by atoms with van der Waals surface area (Å²) in [7, 11) is 1.58. The summed E-state index contributed by atoms with van der Waals surface area (Å²) in [4.78, 5) is 37.9. The molecule has 1 aliphatic heterocycles. The van der Waals surface area contributed by atoms with Gasteiger partial charge in [0.25, 0.3) is 5.78 Å². The number of anilines is 1. The number of methoxy groups -OCH3 is 1. The Morgan fingerprint density at radius 2 is 1.90 bits per heavy atom. The number of hydrogen-bond donors (Lipinski definition) is 1. The number of Topliss-reactive ketones (excluding diaryl/α,β-unsaturated/α-hetero) is 1. The first-order valence-corrected chi connectivity index (χ1v) is 13.1. The van der Waals surface area contributed by atoms with Gasteiger partial charge in [-0.15, -0.1) is 0 Å². The molecule has 3 aromatic heterocycles. The fourth-order valence-electron chi connectivity index (χ4n) is 4.94. The van der Waals surface area contributed by atoms with Crippen LogP contribution in [0.3, 0.4) is 0 Å². The Balaban J connectivity index is 1.59. The third-order valence-electron chi connectivity index (χ3n) is 6.65. The van der Waals surface area contributed by atoms with Gasteiger partial charge in [-0.1, -0.05) is 29.5 Å². The van der Waals surface area contributed by atoms with Crippen molar-refractivity contribution in [3.05, 3.63) is 89.4 Å². The van der Waals surface area contributed by atoms with Crippen LogP contribution in [0.4, 0.5) is 5.13 Å². The van der Waals surface area contributed by atoms with Gasteiger partial charge in [0.2, 0.25) is 0 Å². The summed E-state index contributed by atoms with van der Waals surface area (Å²) in [5.74, 6) is -0.645. The molecule has 10 heteroatoms. The van der Waals surface area contributed by atoms with Gasteiger partial charge in [0.05, 0.1) is 41.2 Å². The van der Waals surface area contributed by atoms with Gasteiger partial charge in [-0.25, -0.2) is 9.97 Å². The van der Waals surface area contributed by atoms with E-state index in [0.717, 1.165) is 4.70 Å². The minimum atomic E-state index is -0.943. The van der Waals surface area contributed by atoms with E-state index in [1.54, 1.807) is 67.1 Å². The first-order chi connectivity index (χ1) is 18.9. The first kappa shape index (κ1) is 24.6. The Kier molecular flexibility index (Phi) is 6.03. The van der Waals surface area contributed by atoms with Gasteiger partial charge in [-0.3, -0.25) is 18.9 Å². The molecule has 6 rings (SSSR count). The fraction of sp³-hybridized carbons (Fsp3) is 0.172. The van der Waals surface area contributed by atoms with Crippen molar-refractivity contribution in [2.24, 2.45) is 0 Å². The number of aliphatic hydroxyl groups excluding tert-OH is 1. The molecule has 5 aromatic rings. The highest BCUT2D eigenvalue weighted by molar-refractivity contribution is 7.22. The van der Waals surface area contributed by atoms with Crippen LogP contribution >= 0.6 is 11.3 Å². The van der Waals surface area contributed by atoms with E-state index in [-0.39, 0.29) is 11.3 Å². The van der Waals surface area contributed by atoms with Crippen LogP contribution in [-0.4, -0.2) is 44.9 Å². The van der Waals surface area contributed by atoms with Gasteiger partial charge in [0.15, 0.2) is 10.9 Å². The van der Waals surface area contributed by atoms with E-state index in [0.29, 0.717) is 51.4 Å². The second kappa shape index (κ2) is 9.55. The van der Waals surface area contributed by atoms with Crippen molar-refractivity contribution in [3.63, 3.8) is 0 Å². The minimum absolute atomic E-state index is 0.0424. The molecule has 0 saturated carbocycles. The average Bonchev–Trinajstić information content (AvgIpc) is 3.59. The molecule has 196 valence electrons. The van der Waals surface area contributed by atoms with Crippen molar-refractivity contribution in [1.29, 1.82) is 0 Å². The molecule has 1 atom stereocenters. The number of carbonyl (C=O) groups excluding carboxylic acids is 2. The highest BCUT2D eigenvalue weighted by Gasteiger charge is 2.48. The lowest BCUT2D eigenvalue weighted by atomic mass is 9.96. The molecule has 0 spiro atoms. The quantitative estimate of drug-likeness (QED) is 0.177. The number of aromatic nitrogens is 3. The van der Waals surface area contributed by atoms with Crippen molar-refractivity contribution in [3.8, 4) is 11.5 Å². The van der Waals surface area contributed by atoms with E-state index in [9.17, 15) is 14.7 Å². The molecule has 1 aliphatic rings. The second-order valence-corrected chi connectivity index (χ2v) is 9.99. The summed E-state index contributed by atoms with van der Waals surface area (Å²) in [5, 5.41) is 12.0. The standard InChI is InChI=1S/C29H24N4O5S/c1-4-38-19-9-7-8-17(14-19)25-23(26(34)24-16(2)30-22-10-5-6-13-32(22)24)27(35)28(36)33(25)29-31-20-12-11-18(37-3)15-21(20)39-29/h5-15,25,34H,4H2,1-3H3/b26-23+.